The van der Waals surface area contributed by atoms with Gasteiger partial charge in [0, 0.05) is 13.6 Å². The fraction of sp³-hybridized carbons (Fsp3) is 0.462. The van der Waals surface area contributed by atoms with Gasteiger partial charge in [-0.2, -0.15) is 0 Å². The smallest absolute Gasteiger partial charge is 0.409 e. The number of ether oxygens (including phenoxy) is 3. The molecule has 0 N–H and O–H groups in total. The van der Waals surface area contributed by atoms with E-state index in [2.05, 4.69) is 4.74 Å². The minimum atomic E-state index is -0.371. The van der Waals surface area contributed by atoms with Crippen molar-refractivity contribution in [2.75, 3.05) is 28.4 Å². The van der Waals surface area contributed by atoms with Crippen LogP contribution in [0.5, 0.6) is 11.5 Å². The van der Waals surface area contributed by atoms with Gasteiger partial charge in [-0.3, -0.25) is 0 Å². The third-order valence-electron chi connectivity index (χ3n) is 2.74. The number of hydrogen-bond acceptors (Lipinski definition) is 4. The molecular weight excluding hydrogens is 234 g/mol. The van der Waals surface area contributed by atoms with Crippen molar-refractivity contribution in [3.05, 3.63) is 23.3 Å². The van der Waals surface area contributed by atoms with E-state index in [4.69, 9.17) is 9.47 Å². The van der Waals surface area contributed by atoms with Gasteiger partial charge in [0.25, 0.3) is 0 Å². The first kappa shape index (κ1) is 14.2. The first-order chi connectivity index (χ1) is 8.53. The molecule has 0 atom stereocenters. The van der Waals surface area contributed by atoms with Gasteiger partial charge in [-0.05, 0) is 30.2 Å². The van der Waals surface area contributed by atoms with Gasteiger partial charge in [-0.1, -0.05) is 0 Å². The topological polar surface area (TPSA) is 48.0 Å². The third-order valence-corrected chi connectivity index (χ3v) is 2.74. The van der Waals surface area contributed by atoms with Gasteiger partial charge in [-0.25, -0.2) is 4.79 Å². The predicted molar refractivity (Wildman–Crippen MR) is 68.2 cm³/mol. The Labute approximate surface area is 107 Å². The first-order valence-electron chi connectivity index (χ1n) is 5.54. The number of amides is 1. The van der Waals surface area contributed by atoms with Gasteiger partial charge < -0.3 is 19.1 Å². The van der Waals surface area contributed by atoms with Crippen LogP contribution >= 0.6 is 0 Å². The molecule has 1 rings (SSSR count). The zero-order chi connectivity index (χ0) is 13.7. The fourth-order valence-electron chi connectivity index (χ4n) is 1.67. The molecule has 0 unspecified atom stereocenters. The number of methoxy groups -OCH3 is 3. The van der Waals surface area contributed by atoms with E-state index in [1.54, 1.807) is 21.3 Å². The van der Waals surface area contributed by atoms with Gasteiger partial charge in [-0.15, -0.1) is 0 Å². The molecule has 18 heavy (non-hydrogen) atoms. The molecule has 0 saturated carbocycles. The molecule has 100 valence electrons. The maximum Gasteiger partial charge on any atom is 0.409 e. The molecule has 0 bridgehead atoms. The zero-order valence-corrected chi connectivity index (χ0v) is 11.4. The van der Waals surface area contributed by atoms with E-state index in [1.165, 1.54) is 12.0 Å². The summed E-state index contributed by atoms with van der Waals surface area (Å²) in [6.07, 6.45) is -0.371. The van der Waals surface area contributed by atoms with Gasteiger partial charge >= 0.3 is 6.09 Å². The van der Waals surface area contributed by atoms with Crippen molar-refractivity contribution < 1.29 is 19.0 Å². The number of carbonyl (C=O) groups excluding carboxylic acids is 1. The first-order valence-corrected chi connectivity index (χ1v) is 5.54. The third kappa shape index (κ3) is 3.06. The summed E-state index contributed by atoms with van der Waals surface area (Å²) in [5.41, 5.74) is 2.02. The Morgan fingerprint density at radius 2 is 1.72 bits per heavy atom. The monoisotopic (exact) mass is 253 g/mol. The lowest BCUT2D eigenvalue weighted by Gasteiger charge is -2.18. The van der Waals surface area contributed by atoms with Gasteiger partial charge in [0.05, 0.1) is 21.3 Å². The van der Waals surface area contributed by atoms with Crippen LogP contribution in [0.3, 0.4) is 0 Å². The quantitative estimate of drug-likeness (QED) is 0.825. The fourth-order valence-corrected chi connectivity index (χ4v) is 1.67. The highest BCUT2D eigenvalue weighted by Crippen LogP contribution is 2.30. The summed E-state index contributed by atoms with van der Waals surface area (Å²) in [6, 6.07) is 3.76. The molecule has 0 fully saturated rings. The summed E-state index contributed by atoms with van der Waals surface area (Å²) < 4.78 is 15.1. The second-order valence-electron chi connectivity index (χ2n) is 3.96. The Kier molecular flexibility index (Phi) is 4.83. The van der Waals surface area contributed by atoms with Gasteiger partial charge in [0.2, 0.25) is 0 Å². The average molecular weight is 253 g/mol. The largest absolute Gasteiger partial charge is 0.493 e. The van der Waals surface area contributed by atoms with E-state index < -0.39 is 0 Å². The van der Waals surface area contributed by atoms with Crippen molar-refractivity contribution in [2.24, 2.45) is 0 Å². The molecule has 0 radical (unpaired) electrons. The minimum Gasteiger partial charge on any atom is -0.493 e. The highest BCUT2D eigenvalue weighted by molar-refractivity contribution is 5.67. The molecule has 0 aliphatic carbocycles. The summed E-state index contributed by atoms with van der Waals surface area (Å²) in [6.45, 7) is 2.42. The van der Waals surface area contributed by atoms with Crippen molar-refractivity contribution in [1.82, 2.24) is 4.90 Å². The van der Waals surface area contributed by atoms with E-state index in [9.17, 15) is 4.79 Å². The molecule has 1 amide bonds. The van der Waals surface area contributed by atoms with Crippen LogP contribution in [0.25, 0.3) is 0 Å². The molecule has 0 heterocycles. The van der Waals surface area contributed by atoms with Crippen LogP contribution in [0.1, 0.15) is 11.1 Å². The van der Waals surface area contributed by atoms with E-state index in [0.717, 1.165) is 11.1 Å². The Morgan fingerprint density at radius 3 is 2.22 bits per heavy atom. The van der Waals surface area contributed by atoms with Crippen LogP contribution in [0.4, 0.5) is 4.79 Å². The number of nitrogens with zero attached hydrogens (tertiary/aromatic N) is 1. The highest BCUT2D eigenvalue weighted by Gasteiger charge is 2.13. The SMILES string of the molecule is COC(=O)N(C)Cc1cc(OC)c(OC)cc1C. The van der Waals surface area contributed by atoms with Crippen LogP contribution in [0.2, 0.25) is 0 Å². The van der Waals surface area contributed by atoms with Gasteiger partial charge in [0.1, 0.15) is 0 Å². The average Bonchev–Trinajstić information content (AvgIpc) is 2.39. The molecule has 0 aromatic heterocycles. The molecular formula is C13H19NO4. The minimum absolute atomic E-state index is 0.371. The maximum absolute atomic E-state index is 11.4. The Bertz CT molecular complexity index is 431. The molecule has 0 aliphatic heterocycles. The normalized spacial score (nSPS) is 9.83. The maximum atomic E-state index is 11.4. The van der Waals surface area contributed by atoms with Crippen molar-refractivity contribution in [2.45, 2.75) is 13.5 Å². The molecule has 5 nitrogen and oxygen atoms in total. The second-order valence-corrected chi connectivity index (χ2v) is 3.96. The number of rotatable bonds is 4. The van der Waals surface area contributed by atoms with Crippen LogP contribution in [0.15, 0.2) is 12.1 Å². The lowest BCUT2D eigenvalue weighted by atomic mass is 10.1. The van der Waals surface area contributed by atoms with E-state index in [0.29, 0.717) is 18.0 Å². The van der Waals surface area contributed by atoms with Crippen LogP contribution < -0.4 is 9.47 Å². The van der Waals surface area contributed by atoms with Crippen LogP contribution in [0, 0.1) is 6.92 Å². The van der Waals surface area contributed by atoms with Crippen molar-refractivity contribution in [1.29, 1.82) is 0 Å². The standard InChI is InChI=1S/C13H19NO4/c1-9-6-11(16-3)12(17-4)7-10(9)8-14(2)13(15)18-5/h6-7H,8H2,1-5H3. The number of hydrogen-bond donors (Lipinski definition) is 0. The predicted octanol–water partition coefficient (Wildman–Crippen LogP) is 2.21. The zero-order valence-electron chi connectivity index (χ0n) is 11.4. The Balaban J connectivity index is 2.99. The van der Waals surface area contributed by atoms with Gasteiger partial charge in [0.15, 0.2) is 11.5 Å². The summed E-state index contributed by atoms with van der Waals surface area (Å²) in [5, 5.41) is 0. The van der Waals surface area contributed by atoms with E-state index in [-0.39, 0.29) is 6.09 Å². The molecule has 0 aliphatic rings. The number of benzene rings is 1. The van der Waals surface area contributed by atoms with Crippen molar-refractivity contribution in [3.8, 4) is 11.5 Å². The number of carbonyl (C=O) groups is 1. The highest BCUT2D eigenvalue weighted by atomic mass is 16.5. The van der Waals surface area contributed by atoms with Crippen molar-refractivity contribution in [3.63, 3.8) is 0 Å². The van der Waals surface area contributed by atoms with E-state index in [1.807, 2.05) is 19.1 Å². The van der Waals surface area contributed by atoms with Crippen LogP contribution in [-0.2, 0) is 11.3 Å². The Hall–Kier alpha value is -1.91. The second kappa shape index (κ2) is 6.14. The molecule has 0 spiro atoms. The van der Waals surface area contributed by atoms with Crippen molar-refractivity contribution >= 4 is 6.09 Å². The molecule has 5 heteroatoms. The summed E-state index contributed by atoms with van der Waals surface area (Å²) in [5.74, 6) is 1.33. The number of aryl methyl sites for hydroxylation is 1. The lowest BCUT2D eigenvalue weighted by molar-refractivity contribution is 0.131. The molecule has 1 aromatic carbocycles. The summed E-state index contributed by atoms with van der Waals surface area (Å²) in [7, 11) is 6.22. The summed E-state index contributed by atoms with van der Waals surface area (Å²) >= 11 is 0. The molecule has 1 aromatic rings. The summed E-state index contributed by atoms with van der Waals surface area (Å²) in [4.78, 5) is 12.8. The molecule has 0 saturated heterocycles. The van der Waals surface area contributed by atoms with E-state index >= 15 is 0 Å². The lowest BCUT2D eigenvalue weighted by Crippen LogP contribution is -2.26. The van der Waals surface area contributed by atoms with Crippen LogP contribution in [-0.4, -0.2) is 39.4 Å². The Morgan fingerprint density at radius 1 is 1.17 bits per heavy atom.